The van der Waals surface area contributed by atoms with Crippen molar-refractivity contribution in [1.29, 1.82) is 0 Å². The maximum atomic E-state index is 3.87. The van der Waals surface area contributed by atoms with Crippen LogP contribution >= 0.6 is 11.8 Å². The summed E-state index contributed by atoms with van der Waals surface area (Å²) >= 11 is 1.78. The van der Waals surface area contributed by atoms with Gasteiger partial charge in [-0.1, -0.05) is 6.08 Å². The Hall–Kier alpha value is -0.240. The molecule has 0 spiro atoms. The molecule has 0 N–H and O–H groups in total. The van der Waals surface area contributed by atoms with Crippen molar-refractivity contribution in [3.05, 3.63) is 11.8 Å². The molecule has 0 heterocycles. The first kappa shape index (κ1) is 8.76. The van der Waals surface area contributed by atoms with Gasteiger partial charge in [-0.15, -0.1) is 0 Å². The Morgan fingerprint density at radius 2 is 2.33 bits per heavy atom. The summed E-state index contributed by atoms with van der Waals surface area (Å²) in [6, 6.07) is 0. The van der Waals surface area contributed by atoms with Crippen LogP contribution < -0.4 is 0 Å². The Morgan fingerprint density at radius 3 is 2.44 bits per heavy atom. The van der Waals surface area contributed by atoms with Gasteiger partial charge in [0.05, 0.1) is 0 Å². The second-order valence-corrected chi connectivity index (χ2v) is 2.93. The van der Waals surface area contributed by atoms with Gasteiger partial charge in [-0.3, -0.25) is 4.99 Å². The number of thioether (sulfide) groups is 1. The number of aliphatic imine (C=N–C) groups is 1. The van der Waals surface area contributed by atoms with Gasteiger partial charge in [0.15, 0.2) is 0 Å². The van der Waals surface area contributed by atoms with Gasteiger partial charge in [-0.2, -0.15) is 11.8 Å². The summed E-state index contributed by atoms with van der Waals surface area (Å²) in [5.41, 5.74) is 1.07. The van der Waals surface area contributed by atoms with E-state index in [1.807, 2.05) is 13.0 Å². The Morgan fingerprint density at radius 1 is 1.78 bits per heavy atom. The molecule has 0 saturated carbocycles. The molecular weight excluding hydrogens is 130 g/mol. The highest BCUT2D eigenvalue weighted by molar-refractivity contribution is 7.99. The van der Waals surface area contributed by atoms with E-state index in [2.05, 4.69) is 24.9 Å². The largest absolute Gasteiger partial charge is 0.268 e. The van der Waals surface area contributed by atoms with Crippen LogP contribution in [0.2, 0.25) is 0 Å². The van der Waals surface area contributed by atoms with E-state index >= 15 is 0 Å². The van der Waals surface area contributed by atoms with E-state index < -0.39 is 0 Å². The Labute approximate surface area is 61.3 Å². The maximum absolute atomic E-state index is 3.87. The molecule has 1 unspecified atom stereocenters. The van der Waals surface area contributed by atoms with Crippen molar-refractivity contribution in [2.45, 2.75) is 19.1 Å². The molecule has 2 heteroatoms. The SMILES string of the molecule is C=NC(=CC)C(C)SC. The molecule has 0 aliphatic heterocycles. The van der Waals surface area contributed by atoms with Crippen molar-refractivity contribution in [2.24, 2.45) is 4.99 Å². The van der Waals surface area contributed by atoms with Crippen LogP contribution in [-0.2, 0) is 0 Å². The van der Waals surface area contributed by atoms with Crippen molar-refractivity contribution in [3.63, 3.8) is 0 Å². The van der Waals surface area contributed by atoms with Crippen molar-refractivity contribution in [1.82, 2.24) is 0 Å². The molecule has 0 aliphatic carbocycles. The monoisotopic (exact) mass is 143 g/mol. The molecule has 52 valence electrons. The summed E-state index contributed by atoms with van der Waals surface area (Å²) in [5.74, 6) is 0. The number of allylic oxidation sites excluding steroid dienone is 1. The lowest BCUT2D eigenvalue weighted by Crippen LogP contribution is -1.96. The normalized spacial score (nSPS) is 15.2. The molecule has 9 heavy (non-hydrogen) atoms. The minimum atomic E-state index is 0.479. The fraction of sp³-hybridized carbons (Fsp3) is 0.571. The average Bonchev–Trinajstić information content (AvgIpc) is 1.90. The van der Waals surface area contributed by atoms with Gasteiger partial charge < -0.3 is 0 Å². The van der Waals surface area contributed by atoms with Gasteiger partial charge in [-0.25, -0.2) is 0 Å². The number of nitrogens with zero attached hydrogens (tertiary/aromatic N) is 1. The van der Waals surface area contributed by atoms with Crippen LogP contribution in [-0.4, -0.2) is 18.2 Å². The van der Waals surface area contributed by atoms with E-state index in [1.165, 1.54) is 0 Å². The summed E-state index contributed by atoms with van der Waals surface area (Å²) < 4.78 is 0. The third kappa shape index (κ3) is 2.70. The summed E-state index contributed by atoms with van der Waals surface area (Å²) in [4.78, 5) is 3.87. The second-order valence-electron chi connectivity index (χ2n) is 1.75. The van der Waals surface area contributed by atoms with Gasteiger partial charge in [0, 0.05) is 10.9 Å². The summed E-state index contributed by atoms with van der Waals surface area (Å²) in [5, 5.41) is 0.479. The van der Waals surface area contributed by atoms with Crippen LogP contribution in [0.25, 0.3) is 0 Å². The van der Waals surface area contributed by atoms with E-state index in [9.17, 15) is 0 Å². The zero-order valence-electron chi connectivity index (χ0n) is 6.22. The van der Waals surface area contributed by atoms with Crippen molar-refractivity contribution in [3.8, 4) is 0 Å². The minimum Gasteiger partial charge on any atom is -0.268 e. The van der Waals surface area contributed by atoms with Gasteiger partial charge in [-0.05, 0) is 26.8 Å². The smallest absolute Gasteiger partial charge is 0.0480 e. The lowest BCUT2D eigenvalue weighted by molar-refractivity contribution is 1.09. The molecule has 0 aromatic heterocycles. The standard InChI is InChI=1S/C7H13NS/c1-5-7(8-3)6(2)9-4/h5-6H,3H2,1-2,4H3. The third-order valence-electron chi connectivity index (χ3n) is 1.25. The number of hydrogen-bond acceptors (Lipinski definition) is 2. The third-order valence-corrected chi connectivity index (χ3v) is 2.20. The van der Waals surface area contributed by atoms with Gasteiger partial charge in [0.1, 0.15) is 0 Å². The molecule has 0 rings (SSSR count). The quantitative estimate of drug-likeness (QED) is 0.552. The zero-order chi connectivity index (χ0) is 7.28. The van der Waals surface area contributed by atoms with Gasteiger partial charge in [0.25, 0.3) is 0 Å². The van der Waals surface area contributed by atoms with Gasteiger partial charge in [0.2, 0.25) is 0 Å². The Kier molecular flexibility index (Phi) is 4.50. The lowest BCUT2D eigenvalue weighted by Gasteiger charge is -2.05. The van der Waals surface area contributed by atoms with Crippen molar-refractivity contribution < 1.29 is 0 Å². The summed E-state index contributed by atoms with van der Waals surface area (Å²) in [6.45, 7) is 7.57. The van der Waals surface area contributed by atoms with Crippen LogP contribution in [0.1, 0.15) is 13.8 Å². The highest BCUT2D eigenvalue weighted by Gasteiger charge is 2.01. The maximum Gasteiger partial charge on any atom is 0.0480 e. The fourth-order valence-electron chi connectivity index (χ4n) is 0.575. The van der Waals surface area contributed by atoms with E-state index in [4.69, 9.17) is 0 Å². The molecule has 0 aromatic carbocycles. The zero-order valence-corrected chi connectivity index (χ0v) is 7.03. The van der Waals surface area contributed by atoms with Crippen LogP contribution in [0.4, 0.5) is 0 Å². The fourth-order valence-corrected chi connectivity index (χ4v) is 1.03. The van der Waals surface area contributed by atoms with E-state index in [0.717, 1.165) is 5.70 Å². The Balaban J connectivity index is 3.95. The van der Waals surface area contributed by atoms with Crippen LogP contribution in [0.3, 0.4) is 0 Å². The summed E-state index contributed by atoms with van der Waals surface area (Å²) in [7, 11) is 0. The van der Waals surface area contributed by atoms with E-state index in [1.54, 1.807) is 11.8 Å². The first-order valence-corrected chi connectivity index (χ1v) is 4.20. The lowest BCUT2D eigenvalue weighted by atomic mass is 10.3. The molecule has 0 aliphatic rings. The summed E-state index contributed by atoms with van der Waals surface area (Å²) in [6.07, 6.45) is 4.06. The van der Waals surface area contributed by atoms with Crippen LogP contribution in [0, 0.1) is 0 Å². The Bertz CT molecular complexity index is 118. The first-order chi connectivity index (χ1) is 4.26. The molecule has 1 atom stereocenters. The highest BCUT2D eigenvalue weighted by atomic mass is 32.2. The topological polar surface area (TPSA) is 12.4 Å². The second kappa shape index (κ2) is 4.62. The van der Waals surface area contributed by atoms with Crippen molar-refractivity contribution >= 4 is 18.5 Å². The van der Waals surface area contributed by atoms with E-state index in [0.29, 0.717) is 5.25 Å². The van der Waals surface area contributed by atoms with E-state index in [-0.39, 0.29) is 0 Å². The number of rotatable bonds is 3. The predicted octanol–water partition coefficient (Wildman–Crippen LogP) is 2.34. The predicted molar refractivity (Wildman–Crippen MR) is 46.3 cm³/mol. The average molecular weight is 143 g/mol. The van der Waals surface area contributed by atoms with Crippen LogP contribution in [0.5, 0.6) is 0 Å². The molecule has 0 aromatic rings. The van der Waals surface area contributed by atoms with Gasteiger partial charge >= 0.3 is 0 Å². The molecule has 0 amide bonds. The molecule has 0 bridgehead atoms. The molecule has 1 nitrogen and oxygen atoms in total. The molecular formula is C7H13NS. The minimum absolute atomic E-state index is 0.479. The van der Waals surface area contributed by atoms with Crippen LogP contribution in [0.15, 0.2) is 16.8 Å². The molecule has 0 radical (unpaired) electrons. The number of hydrogen-bond donors (Lipinski definition) is 0. The highest BCUT2D eigenvalue weighted by Crippen LogP contribution is 2.15. The molecule has 0 fully saturated rings. The van der Waals surface area contributed by atoms with Crippen molar-refractivity contribution in [2.75, 3.05) is 6.26 Å². The first-order valence-electron chi connectivity index (χ1n) is 2.92. The molecule has 0 saturated heterocycles.